The average molecular weight is 1150 g/mol. The van der Waals surface area contributed by atoms with E-state index in [9.17, 15) is 19.5 Å². The molecule has 81 heavy (non-hydrogen) atoms. The van der Waals surface area contributed by atoms with Gasteiger partial charge in [0.05, 0.1) is 34.4 Å². The van der Waals surface area contributed by atoms with Crippen molar-refractivity contribution in [1.29, 1.82) is 0 Å². The number of esters is 2. The molecule has 0 aromatic carbocycles. The molecular weight excluding hydrogens is 1010 g/mol. The summed E-state index contributed by atoms with van der Waals surface area (Å²) in [5.41, 5.74) is 0. The molecule has 0 aliphatic carbocycles. The average Bonchev–Trinajstić information content (AvgIpc) is 3.44. The Morgan fingerprint density at radius 2 is 0.630 bits per heavy atom. The Hall–Kier alpha value is -2.23. The molecule has 1 N–H and O–H groups in total. The molecule has 0 aliphatic heterocycles. The summed E-state index contributed by atoms with van der Waals surface area (Å²) < 4.78 is 23.0. The minimum atomic E-state index is -1.51. The third kappa shape index (κ3) is 65.2. The zero-order valence-electron chi connectivity index (χ0n) is 54.7. The Morgan fingerprint density at radius 1 is 0.358 bits per heavy atom. The Labute approximate surface area is 503 Å². The van der Waals surface area contributed by atoms with Gasteiger partial charge in [-0.05, 0) is 64.2 Å². The predicted molar refractivity (Wildman–Crippen MR) is 346 cm³/mol. The zero-order chi connectivity index (χ0) is 59.1. The number of nitrogens with zero attached hydrogens (tertiary/aromatic N) is 1. The molecule has 0 aromatic rings. The van der Waals surface area contributed by atoms with Gasteiger partial charge in [-0.3, -0.25) is 9.59 Å². The van der Waals surface area contributed by atoms with Crippen molar-refractivity contribution in [2.75, 3.05) is 47.5 Å². The molecule has 0 spiro atoms. The highest BCUT2D eigenvalue weighted by Crippen LogP contribution is 2.19. The molecule has 9 nitrogen and oxygen atoms in total. The van der Waals surface area contributed by atoms with Crippen molar-refractivity contribution >= 4 is 17.9 Å². The minimum Gasteiger partial charge on any atom is -0.477 e. The van der Waals surface area contributed by atoms with E-state index in [0.29, 0.717) is 17.4 Å². The van der Waals surface area contributed by atoms with E-state index in [0.717, 1.165) is 38.5 Å². The monoisotopic (exact) mass is 1150 g/mol. The molecule has 0 heterocycles. The van der Waals surface area contributed by atoms with E-state index in [1.54, 1.807) is 0 Å². The first-order chi connectivity index (χ1) is 39.6. The molecule has 0 saturated carbocycles. The molecule has 0 aromatic heterocycles. The summed E-state index contributed by atoms with van der Waals surface area (Å²) in [7, 11) is 5.99. The molecule has 0 aliphatic rings. The van der Waals surface area contributed by atoms with Crippen molar-refractivity contribution in [3.05, 3.63) is 24.3 Å². The number of ether oxygens (including phenoxy) is 4. The molecule has 0 fully saturated rings. The van der Waals surface area contributed by atoms with E-state index >= 15 is 0 Å². The Bertz CT molecular complexity index is 1380. The van der Waals surface area contributed by atoms with Crippen LogP contribution in [0.25, 0.3) is 0 Å². The normalized spacial score (nSPS) is 12.8. The topological polar surface area (TPSA) is 108 Å². The Balaban J connectivity index is 3.93. The van der Waals surface area contributed by atoms with Gasteiger partial charge in [0.25, 0.3) is 6.29 Å². The molecule has 2 atom stereocenters. The quantitative estimate of drug-likeness (QED) is 0.0211. The van der Waals surface area contributed by atoms with Crippen molar-refractivity contribution in [3.8, 4) is 0 Å². The molecule has 478 valence electrons. The van der Waals surface area contributed by atoms with E-state index in [-0.39, 0.29) is 38.2 Å². The first-order valence-electron chi connectivity index (χ1n) is 35.5. The van der Waals surface area contributed by atoms with Crippen LogP contribution in [0, 0.1) is 0 Å². The van der Waals surface area contributed by atoms with Gasteiger partial charge in [0.1, 0.15) is 13.2 Å². The smallest absolute Gasteiger partial charge is 0.361 e. The molecular formula is C72H138NO8+. The fourth-order valence-corrected chi connectivity index (χ4v) is 10.7. The van der Waals surface area contributed by atoms with Gasteiger partial charge in [-0.25, -0.2) is 4.79 Å². The summed E-state index contributed by atoms with van der Waals surface area (Å²) in [5, 5.41) is 9.73. The maximum absolute atomic E-state index is 12.9. The van der Waals surface area contributed by atoms with Gasteiger partial charge in [-0.15, -0.1) is 0 Å². The number of carbonyl (C=O) groups excluding carboxylic acids is 2. The molecule has 2 unspecified atom stereocenters. The number of unbranched alkanes of at least 4 members (excludes halogenated alkanes) is 48. The lowest BCUT2D eigenvalue weighted by Gasteiger charge is -2.25. The number of allylic oxidation sites excluding steroid dienone is 4. The first-order valence-corrected chi connectivity index (χ1v) is 35.5. The van der Waals surface area contributed by atoms with E-state index in [4.69, 9.17) is 18.9 Å². The van der Waals surface area contributed by atoms with Gasteiger partial charge in [-0.1, -0.05) is 308 Å². The van der Waals surface area contributed by atoms with Gasteiger partial charge in [0.15, 0.2) is 6.10 Å². The molecule has 0 bridgehead atoms. The molecule has 9 heteroatoms. The lowest BCUT2D eigenvalue weighted by molar-refractivity contribution is -0.870. The van der Waals surface area contributed by atoms with Gasteiger partial charge < -0.3 is 28.5 Å². The first kappa shape index (κ1) is 78.8. The number of aliphatic carboxylic acids is 1. The number of hydrogen-bond donors (Lipinski definition) is 1. The maximum Gasteiger partial charge on any atom is 0.361 e. The fourth-order valence-electron chi connectivity index (χ4n) is 10.7. The largest absolute Gasteiger partial charge is 0.477 e. The van der Waals surface area contributed by atoms with Crippen LogP contribution in [-0.4, -0.2) is 87.4 Å². The van der Waals surface area contributed by atoms with Crippen LogP contribution in [-0.2, 0) is 33.3 Å². The summed E-state index contributed by atoms with van der Waals surface area (Å²) in [5.74, 6) is -1.98. The van der Waals surface area contributed by atoms with Gasteiger partial charge in [0.2, 0.25) is 0 Å². The second-order valence-corrected chi connectivity index (χ2v) is 25.5. The standard InChI is InChI=1S/C72H137NO8/c1-6-8-10-12-14-16-18-20-22-24-25-26-27-28-29-30-31-32-33-34-35-36-37-38-39-40-41-42-43-44-45-47-49-51-53-55-57-59-61-63-70(75)81-68(67-80-72(71(76)77)78-65-64-73(3,4)5)66-79-69(74)62-60-58-56-54-52-50-48-46-23-21-19-17-15-13-11-9-7-2/h21,23-25,68,72H,6-20,22,26-67H2,1-5H3/p+1/b23-21-,25-24-. The van der Waals surface area contributed by atoms with Crippen molar-refractivity contribution in [2.45, 2.75) is 373 Å². The maximum atomic E-state index is 12.9. The van der Waals surface area contributed by atoms with Crippen molar-refractivity contribution in [3.63, 3.8) is 0 Å². The highest BCUT2D eigenvalue weighted by Gasteiger charge is 2.25. The van der Waals surface area contributed by atoms with Crippen LogP contribution >= 0.6 is 0 Å². The lowest BCUT2D eigenvalue weighted by Crippen LogP contribution is -2.40. The Kier molecular flexibility index (Phi) is 62.0. The molecule has 0 saturated heterocycles. The van der Waals surface area contributed by atoms with Crippen molar-refractivity contribution in [2.24, 2.45) is 0 Å². The third-order valence-corrected chi connectivity index (χ3v) is 16.2. The number of likely N-dealkylation sites (N-methyl/N-ethyl adjacent to an activating group) is 1. The summed E-state index contributed by atoms with van der Waals surface area (Å²) in [6.45, 7) is 4.93. The number of quaternary nitrogens is 1. The highest BCUT2D eigenvalue weighted by atomic mass is 16.7. The van der Waals surface area contributed by atoms with Gasteiger partial charge >= 0.3 is 17.9 Å². The summed E-state index contributed by atoms with van der Waals surface area (Å²) in [6.07, 6.45) is 76.0. The number of hydrogen-bond acceptors (Lipinski definition) is 7. The van der Waals surface area contributed by atoms with Gasteiger partial charge in [-0.2, -0.15) is 0 Å². The summed E-state index contributed by atoms with van der Waals surface area (Å²) in [4.78, 5) is 37.5. The van der Waals surface area contributed by atoms with Crippen LogP contribution in [0.15, 0.2) is 24.3 Å². The SMILES string of the molecule is CCCCCCCC/C=C\CCCCCCCCCC(=O)OCC(COC(OCC[N+](C)(C)C)C(=O)O)OC(=O)CCCCCCCCCCCCCCCCCCCCCCCCCCCCC/C=C\CCCCCCCCCC. The van der Waals surface area contributed by atoms with Crippen LogP contribution in [0.3, 0.4) is 0 Å². The van der Waals surface area contributed by atoms with Crippen LogP contribution < -0.4 is 0 Å². The van der Waals surface area contributed by atoms with Gasteiger partial charge in [0, 0.05) is 12.8 Å². The molecule has 0 amide bonds. The zero-order valence-corrected chi connectivity index (χ0v) is 54.7. The number of rotatable bonds is 67. The van der Waals surface area contributed by atoms with Crippen molar-refractivity contribution < 1.29 is 42.9 Å². The van der Waals surface area contributed by atoms with E-state index in [1.165, 1.54) is 295 Å². The third-order valence-electron chi connectivity index (χ3n) is 16.2. The lowest BCUT2D eigenvalue weighted by atomic mass is 10.0. The number of carboxylic acid groups (broad SMARTS) is 1. The van der Waals surface area contributed by atoms with E-state index < -0.39 is 18.4 Å². The van der Waals surface area contributed by atoms with Crippen LogP contribution in [0.1, 0.15) is 361 Å². The predicted octanol–water partition coefficient (Wildman–Crippen LogP) is 21.8. The van der Waals surface area contributed by atoms with E-state index in [2.05, 4.69) is 38.2 Å². The van der Waals surface area contributed by atoms with Crippen LogP contribution in [0.4, 0.5) is 0 Å². The Morgan fingerprint density at radius 3 is 0.914 bits per heavy atom. The highest BCUT2D eigenvalue weighted by molar-refractivity contribution is 5.71. The summed E-state index contributed by atoms with van der Waals surface area (Å²) >= 11 is 0. The number of carbonyl (C=O) groups is 3. The fraction of sp³-hybridized carbons (Fsp3) is 0.903. The van der Waals surface area contributed by atoms with Crippen LogP contribution in [0.2, 0.25) is 0 Å². The number of carboxylic acids is 1. The second kappa shape index (κ2) is 63.8. The van der Waals surface area contributed by atoms with E-state index in [1.807, 2.05) is 21.1 Å². The summed E-state index contributed by atoms with van der Waals surface area (Å²) in [6, 6.07) is 0. The molecule has 0 radical (unpaired) electrons. The minimum absolute atomic E-state index is 0.178. The second-order valence-electron chi connectivity index (χ2n) is 25.5. The van der Waals surface area contributed by atoms with Crippen LogP contribution in [0.5, 0.6) is 0 Å². The van der Waals surface area contributed by atoms with Crippen molar-refractivity contribution in [1.82, 2.24) is 0 Å². The molecule has 0 rings (SSSR count).